The number of esters is 1. The number of nitrogens with zero attached hydrogens (tertiary/aromatic N) is 1. The monoisotopic (exact) mass is 575 g/mol. The molecule has 2 fully saturated rings. The van der Waals surface area contributed by atoms with E-state index >= 15 is 0 Å². The number of ether oxygens (including phenoxy) is 4. The summed E-state index contributed by atoms with van der Waals surface area (Å²) in [5.41, 5.74) is 1.94. The minimum Gasteiger partial charge on any atom is -0.493 e. The number of allylic oxidation sites excluding steroid dienone is 1. The van der Waals surface area contributed by atoms with Crippen molar-refractivity contribution in [2.75, 3.05) is 27.4 Å². The van der Waals surface area contributed by atoms with Crippen molar-refractivity contribution in [1.82, 2.24) is 4.90 Å². The van der Waals surface area contributed by atoms with Crippen molar-refractivity contribution >= 4 is 11.9 Å². The van der Waals surface area contributed by atoms with Gasteiger partial charge in [0.15, 0.2) is 11.5 Å². The third kappa shape index (κ3) is 7.29. The molecule has 2 bridgehead atoms. The smallest absolute Gasteiger partial charge is 0.329 e. The fraction of sp³-hybridized carbons (Fsp3) is 0.543. The van der Waals surface area contributed by atoms with E-state index in [1.54, 1.807) is 14.2 Å². The van der Waals surface area contributed by atoms with E-state index in [2.05, 4.69) is 6.08 Å². The number of hydrogen-bond donors (Lipinski definition) is 0. The average molecular weight is 576 g/mol. The Balaban J connectivity index is 1.42. The summed E-state index contributed by atoms with van der Waals surface area (Å²) in [4.78, 5) is 29.9. The van der Waals surface area contributed by atoms with E-state index in [1.807, 2.05) is 53.4 Å². The highest BCUT2D eigenvalue weighted by atomic mass is 16.5. The number of cyclic esters (lactones) is 1. The predicted molar refractivity (Wildman–Crippen MR) is 162 cm³/mol. The highest BCUT2D eigenvalue weighted by Crippen LogP contribution is 2.36. The summed E-state index contributed by atoms with van der Waals surface area (Å²) in [6, 6.07) is 13.1. The van der Waals surface area contributed by atoms with Crippen LogP contribution in [0, 0.1) is 11.8 Å². The molecule has 1 saturated heterocycles. The summed E-state index contributed by atoms with van der Waals surface area (Å²) in [5, 5.41) is 0. The lowest BCUT2D eigenvalue weighted by molar-refractivity contribution is -0.164. The van der Waals surface area contributed by atoms with Gasteiger partial charge in [-0.3, -0.25) is 4.79 Å². The van der Waals surface area contributed by atoms with E-state index in [-0.39, 0.29) is 17.8 Å². The fourth-order valence-corrected chi connectivity index (χ4v) is 6.79. The molecule has 42 heavy (non-hydrogen) atoms. The second kappa shape index (κ2) is 14.6. The highest BCUT2D eigenvalue weighted by Gasteiger charge is 2.39. The van der Waals surface area contributed by atoms with E-state index in [9.17, 15) is 9.59 Å². The Hall–Kier alpha value is -3.48. The van der Waals surface area contributed by atoms with Gasteiger partial charge in [0, 0.05) is 12.5 Å². The lowest BCUT2D eigenvalue weighted by atomic mass is 9.77. The molecule has 1 aliphatic carbocycles. The average Bonchev–Trinajstić information content (AvgIpc) is 3.04. The zero-order chi connectivity index (χ0) is 29.3. The first kappa shape index (κ1) is 30.0. The van der Waals surface area contributed by atoms with Crippen LogP contribution in [0.1, 0.15) is 81.4 Å². The van der Waals surface area contributed by atoms with E-state index in [1.165, 1.54) is 19.3 Å². The molecule has 0 aromatic heterocycles. The first-order valence-electron chi connectivity index (χ1n) is 15.7. The van der Waals surface area contributed by atoms with Gasteiger partial charge in [0.25, 0.3) is 0 Å². The zero-order valence-corrected chi connectivity index (χ0v) is 25.1. The van der Waals surface area contributed by atoms with Gasteiger partial charge < -0.3 is 23.8 Å². The first-order chi connectivity index (χ1) is 20.6. The van der Waals surface area contributed by atoms with Gasteiger partial charge in [-0.1, -0.05) is 49.6 Å². The number of rotatable bonds is 6. The van der Waals surface area contributed by atoms with E-state index in [0.717, 1.165) is 42.6 Å². The molecule has 0 radical (unpaired) electrons. The van der Waals surface area contributed by atoms with Gasteiger partial charge in [-0.15, -0.1) is 0 Å². The van der Waals surface area contributed by atoms with Crippen molar-refractivity contribution in [3.8, 4) is 17.2 Å². The molecule has 0 unspecified atom stereocenters. The molecule has 7 nitrogen and oxygen atoms in total. The van der Waals surface area contributed by atoms with Gasteiger partial charge in [-0.05, 0) is 92.7 Å². The number of carbonyl (C=O) groups is 2. The van der Waals surface area contributed by atoms with Crippen LogP contribution in [0.4, 0.5) is 0 Å². The number of carbonyl (C=O) groups excluding carboxylic acids is 2. The highest BCUT2D eigenvalue weighted by molar-refractivity contribution is 5.86. The number of aryl methyl sites for hydroxylation is 1. The van der Waals surface area contributed by atoms with Crippen molar-refractivity contribution in [3.05, 3.63) is 65.7 Å². The standard InChI is InChI=1S/C35H45NO6/c1-39-32-20-18-25(23-33(32)40-2)17-19-31-27-13-10-14-28(24-27)41-22-9-7-15-29(26-11-4-3-5-12-26)34(37)36-21-8-6-16-30(36)35(38)42-31/h7,9-10,13-14,18,20,23-24,26,29-31H,3-6,8,11-12,15-17,19,21-22H2,1-2H3/t29-,30+,31-/m1/s1. The fourth-order valence-electron chi connectivity index (χ4n) is 6.79. The third-order valence-corrected chi connectivity index (χ3v) is 9.13. The minimum atomic E-state index is -0.547. The third-order valence-electron chi connectivity index (χ3n) is 9.13. The van der Waals surface area contributed by atoms with Crippen LogP contribution in [-0.2, 0) is 20.7 Å². The van der Waals surface area contributed by atoms with Gasteiger partial charge in [-0.2, -0.15) is 0 Å². The summed E-state index contributed by atoms with van der Waals surface area (Å²) >= 11 is 0. The molecule has 0 N–H and O–H groups in total. The molecule has 2 heterocycles. The van der Waals surface area contributed by atoms with Gasteiger partial charge in [-0.25, -0.2) is 4.79 Å². The quantitative estimate of drug-likeness (QED) is 0.277. The molecule has 7 heteroatoms. The second-order valence-corrected chi connectivity index (χ2v) is 11.8. The van der Waals surface area contributed by atoms with Crippen molar-refractivity contribution in [2.45, 2.75) is 82.8 Å². The van der Waals surface area contributed by atoms with Crippen molar-refractivity contribution in [1.29, 1.82) is 0 Å². The lowest BCUT2D eigenvalue weighted by Crippen LogP contribution is -2.52. The Labute approximate surface area is 250 Å². The maximum Gasteiger partial charge on any atom is 0.329 e. The summed E-state index contributed by atoms with van der Waals surface area (Å²) in [5.74, 6) is 2.14. The molecular weight excluding hydrogens is 530 g/mol. The van der Waals surface area contributed by atoms with Gasteiger partial charge >= 0.3 is 5.97 Å². The van der Waals surface area contributed by atoms with Gasteiger partial charge in [0.2, 0.25) is 5.91 Å². The second-order valence-electron chi connectivity index (χ2n) is 11.8. The van der Waals surface area contributed by atoms with E-state index in [0.29, 0.717) is 56.3 Å². The van der Waals surface area contributed by atoms with Crippen LogP contribution in [-0.4, -0.2) is 50.2 Å². The van der Waals surface area contributed by atoms with Crippen LogP contribution in [0.2, 0.25) is 0 Å². The Morgan fingerprint density at radius 3 is 2.50 bits per heavy atom. The van der Waals surface area contributed by atoms with E-state index in [4.69, 9.17) is 18.9 Å². The summed E-state index contributed by atoms with van der Waals surface area (Å²) < 4.78 is 23.3. The SMILES string of the molecule is COc1ccc(CC[C@H]2OC(=O)[C@@H]3CCCCN3C(=O)[C@@H](C3CCCCC3)CC=CCOc3cccc2c3)cc1OC. The first-order valence-corrected chi connectivity index (χ1v) is 15.7. The molecule has 2 aromatic carbocycles. The van der Waals surface area contributed by atoms with E-state index < -0.39 is 12.1 Å². The summed E-state index contributed by atoms with van der Waals surface area (Å²) in [6.07, 6.45) is 13.8. The molecule has 2 aliphatic heterocycles. The van der Waals surface area contributed by atoms with Gasteiger partial charge in [0.1, 0.15) is 24.5 Å². The minimum absolute atomic E-state index is 0.109. The Morgan fingerprint density at radius 2 is 1.69 bits per heavy atom. The van der Waals surface area contributed by atoms with Crippen molar-refractivity contribution in [3.63, 3.8) is 0 Å². The molecule has 5 rings (SSSR count). The number of fused-ring (bicyclic) bond motifs is 3. The summed E-state index contributed by atoms with van der Waals surface area (Å²) in [6.45, 7) is 1.04. The zero-order valence-electron chi connectivity index (χ0n) is 25.1. The predicted octanol–water partition coefficient (Wildman–Crippen LogP) is 6.84. The van der Waals surface area contributed by atoms with Crippen LogP contribution in [0.15, 0.2) is 54.6 Å². The molecule has 0 spiro atoms. The maximum atomic E-state index is 14.1. The molecule has 3 aliphatic rings. The normalized spacial score (nSPS) is 24.0. The Morgan fingerprint density at radius 1 is 0.881 bits per heavy atom. The van der Waals surface area contributed by atoms with Crippen molar-refractivity contribution < 1.29 is 28.5 Å². The molecule has 226 valence electrons. The molecular formula is C35H45NO6. The molecule has 1 amide bonds. The number of benzene rings is 2. The Kier molecular flexibility index (Phi) is 10.4. The number of amides is 1. The number of methoxy groups -OCH3 is 2. The Bertz CT molecular complexity index is 1240. The van der Waals surface area contributed by atoms with Crippen LogP contribution >= 0.6 is 0 Å². The van der Waals surface area contributed by atoms with Crippen molar-refractivity contribution in [2.24, 2.45) is 11.8 Å². The van der Waals surface area contributed by atoms with Crippen LogP contribution in [0.5, 0.6) is 17.2 Å². The van der Waals surface area contributed by atoms with Crippen LogP contribution in [0.25, 0.3) is 0 Å². The largest absolute Gasteiger partial charge is 0.493 e. The number of hydrogen-bond acceptors (Lipinski definition) is 6. The summed E-state index contributed by atoms with van der Waals surface area (Å²) in [7, 11) is 3.25. The van der Waals surface area contributed by atoms with Gasteiger partial charge in [0.05, 0.1) is 14.2 Å². The lowest BCUT2D eigenvalue weighted by Gasteiger charge is -2.39. The maximum absolute atomic E-state index is 14.1. The number of piperidine rings is 1. The molecule has 1 saturated carbocycles. The van der Waals surface area contributed by atoms with Crippen LogP contribution in [0.3, 0.4) is 0 Å². The topological polar surface area (TPSA) is 74.3 Å². The van der Waals surface area contributed by atoms with Crippen LogP contribution < -0.4 is 14.2 Å². The molecule has 3 atom stereocenters. The molecule has 2 aromatic rings.